The van der Waals surface area contributed by atoms with Crippen molar-refractivity contribution >= 4 is 29.4 Å². The van der Waals surface area contributed by atoms with Crippen LogP contribution >= 0.6 is 11.6 Å². The maximum Gasteiger partial charge on any atom is 0.265 e. The number of rotatable bonds is 6. The van der Waals surface area contributed by atoms with Gasteiger partial charge in [0.1, 0.15) is 5.75 Å². The summed E-state index contributed by atoms with van der Waals surface area (Å²) in [6.45, 7) is 1.74. The Hall–Kier alpha value is -2.53. The molecule has 0 spiro atoms. The Bertz CT molecular complexity index is 699. The summed E-state index contributed by atoms with van der Waals surface area (Å²) >= 11 is 5.79. The van der Waals surface area contributed by atoms with Crippen molar-refractivity contribution in [1.29, 1.82) is 0 Å². The molecule has 0 saturated heterocycles. The number of methoxy groups -OCH3 is 1. The first-order valence-corrected chi connectivity index (χ1v) is 7.31. The zero-order valence-corrected chi connectivity index (χ0v) is 13.6. The number of halogens is 1. The average molecular weight is 333 g/mol. The Morgan fingerprint density at radius 1 is 1.26 bits per heavy atom. The summed E-state index contributed by atoms with van der Waals surface area (Å²) in [4.78, 5) is 16.9. The molecule has 2 aromatic rings. The molecule has 0 unspecified atom stereocenters. The van der Waals surface area contributed by atoms with Gasteiger partial charge in [-0.1, -0.05) is 35.0 Å². The van der Waals surface area contributed by atoms with E-state index in [9.17, 15) is 4.79 Å². The fourth-order valence-electron chi connectivity index (χ4n) is 1.85. The maximum atomic E-state index is 11.9. The molecule has 6 heteroatoms. The molecule has 2 rings (SSSR count). The van der Waals surface area contributed by atoms with E-state index in [1.807, 2.05) is 19.1 Å². The van der Waals surface area contributed by atoms with E-state index in [0.29, 0.717) is 16.5 Å². The number of oxime groups is 1. The fourth-order valence-corrected chi connectivity index (χ4v) is 1.97. The van der Waals surface area contributed by atoms with Gasteiger partial charge in [-0.05, 0) is 42.3 Å². The van der Waals surface area contributed by atoms with Crippen molar-refractivity contribution < 1.29 is 14.4 Å². The van der Waals surface area contributed by atoms with Gasteiger partial charge in [-0.2, -0.15) is 0 Å². The van der Waals surface area contributed by atoms with Gasteiger partial charge in [0, 0.05) is 5.02 Å². The second kappa shape index (κ2) is 8.19. The molecule has 0 fully saturated rings. The van der Waals surface area contributed by atoms with Crippen LogP contribution in [-0.2, 0) is 9.63 Å². The molecule has 0 radical (unpaired) electrons. The first kappa shape index (κ1) is 16.8. The second-order valence-corrected chi connectivity index (χ2v) is 5.25. The number of carbonyl (C=O) groups is 1. The van der Waals surface area contributed by atoms with Crippen LogP contribution in [0.4, 0.5) is 5.69 Å². The Balaban J connectivity index is 1.86. The standard InChI is InChI=1S/C17H17ClN2O3/c1-12-3-8-16(22-2)15(9-12)20-17(21)11-23-19-10-13-4-6-14(18)7-5-13/h3-10H,11H2,1-2H3,(H,20,21)/b19-10-. The van der Waals surface area contributed by atoms with Gasteiger partial charge in [0.25, 0.3) is 5.91 Å². The summed E-state index contributed by atoms with van der Waals surface area (Å²) in [6.07, 6.45) is 1.51. The van der Waals surface area contributed by atoms with Gasteiger partial charge in [0.15, 0.2) is 6.61 Å². The SMILES string of the molecule is COc1ccc(C)cc1NC(=O)CO/N=C\c1ccc(Cl)cc1. The van der Waals surface area contributed by atoms with Crippen molar-refractivity contribution in [3.63, 3.8) is 0 Å². The minimum atomic E-state index is -0.317. The van der Waals surface area contributed by atoms with E-state index in [0.717, 1.165) is 11.1 Å². The van der Waals surface area contributed by atoms with Crippen LogP contribution in [0.5, 0.6) is 5.75 Å². The second-order valence-electron chi connectivity index (χ2n) is 4.81. The smallest absolute Gasteiger partial charge is 0.265 e. The number of nitrogens with zero attached hydrogens (tertiary/aromatic N) is 1. The third kappa shape index (κ3) is 5.30. The number of ether oxygens (including phenoxy) is 1. The first-order valence-electron chi connectivity index (χ1n) is 6.94. The molecule has 0 bridgehead atoms. The van der Waals surface area contributed by atoms with Gasteiger partial charge in [0.05, 0.1) is 19.0 Å². The van der Waals surface area contributed by atoms with Gasteiger partial charge in [-0.3, -0.25) is 4.79 Å². The zero-order valence-electron chi connectivity index (χ0n) is 12.9. The predicted octanol–water partition coefficient (Wildman–Crippen LogP) is 3.65. The van der Waals surface area contributed by atoms with Crippen LogP contribution in [0.15, 0.2) is 47.6 Å². The van der Waals surface area contributed by atoms with Crippen LogP contribution in [0.25, 0.3) is 0 Å². The summed E-state index contributed by atoms with van der Waals surface area (Å²) in [5.74, 6) is 0.274. The minimum Gasteiger partial charge on any atom is -0.495 e. The zero-order chi connectivity index (χ0) is 16.7. The molecule has 1 amide bonds. The molecule has 23 heavy (non-hydrogen) atoms. The lowest BCUT2D eigenvalue weighted by atomic mass is 10.2. The highest BCUT2D eigenvalue weighted by Gasteiger charge is 2.08. The number of hydrogen-bond acceptors (Lipinski definition) is 4. The third-order valence-electron chi connectivity index (χ3n) is 2.97. The monoisotopic (exact) mass is 332 g/mol. The first-order chi connectivity index (χ1) is 11.1. The van der Waals surface area contributed by atoms with Gasteiger partial charge >= 0.3 is 0 Å². The van der Waals surface area contributed by atoms with Crippen LogP contribution < -0.4 is 10.1 Å². The summed E-state index contributed by atoms with van der Waals surface area (Å²) in [5, 5.41) is 7.13. The molecule has 0 aliphatic carbocycles. The van der Waals surface area contributed by atoms with Gasteiger partial charge in [-0.25, -0.2) is 0 Å². The molecule has 2 aromatic carbocycles. The molecular weight excluding hydrogens is 316 g/mol. The summed E-state index contributed by atoms with van der Waals surface area (Å²) in [6, 6.07) is 12.6. The number of carbonyl (C=O) groups excluding carboxylic acids is 1. The molecule has 0 aromatic heterocycles. The lowest BCUT2D eigenvalue weighted by molar-refractivity contribution is -0.120. The van der Waals surface area contributed by atoms with E-state index in [-0.39, 0.29) is 12.5 Å². The van der Waals surface area contributed by atoms with E-state index >= 15 is 0 Å². The van der Waals surface area contributed by atoms with Gasteiger partial charge in [-0.15, -0.1) is 0 Å². The van der Waals surface area contributed by atoms with Crippen LogP contribution in [0.2, 0.25) is 5.02 Å². The number of aryl methyl sites for hydroxylation is 1. The lowest BCUT2D eigenvalue weighted by Crippen LogP contribution is -2.17. The number of benzene rings is 2. The molecule has 5 nitrogen and oxygen atoms in total. The Labute approximate surface area is 139 Å². The van der Waals surface area contributed by atoms with Crippen molar-refractivity contribution in [1.82, 2.24) is 0 Å². The molecular formula is C17H17ClN2O3. The number of hydrogen-bond donors (Lipinski definition) is 1. The van der Waals surface area contributed by atoms with Crippen LogP contribution in [0.1, 0.15) is 11.1 Å². The molecule has 0 saturated carbocycles. The Kier molecular flexibility index (Phi) is 6.00. The van der Waals surface area contributed by atoms with Crippen LogP contribution in [0.3, 0.4) is 0 Å². The van der Waals surface area contributed by atoms with Crippen molar-refractivity contribution in [2.75, 3.05) is 19.0 Å². The molecule has 0 heterocycles. The van der Waals surface area contributed by atoms with Crippen molar-refractivity contribution in [2.45, 2.75) is 6.92 Å². The van der Waals surface area contributed by atoms with Crippen LogP contribution in [-0.4, -0.2) is 25.8 Å². The highest BCUT2D eigenvalue weighted by atomic mass is 35.5. The fraction of sp³-hybridized carbons (Fsp3) is 0.176. The molecule has 0 aliphatic heterocycles. The summed E-state index contributed by atoms with van der Waals surface area (Å²) < 4.78 is 5.20. The van der Waals surface area contributed by atoms with E-state index in [2.05, 4.69) is 10.5 Å². The quantitative estimate of drug-likeness (QED) is 0.649. The Morgan fingerprint density at radius 3 is 2.70 bits per heavy atom. The van der Waals surface area contributed by atoms with E-state index in [1.165, 1.54) is 6.21 Å². The molecule has 0 atom stereocenters. The van der Waals surface area contributed by atoms with Crippen molar-refractivity contribution in [3.05, 3.63) is 58.6 Å². The minimum absolute atomic E-state index is 0.193. The van der Waals surface area contributed by atoms with E-state index in [1.54, 1.807) is 37.4 Å². The molecule has 0 aliphatic rings. The van der Waals surface area contributed by atoms with Crippen LogP contribution in [0, 0.1) is 6.92 Å². The van der Waals surface area contributed by atoms with Gasteiger partial charge in [0.2, 0.25) is 0 Å². The number of anilines is 1. The number of amides is 1. The predicted molar refractivity (Wildman–Crippen MR) is 91.4 cm³/mol. The highest BCUT2D eigenvalue weighted by Crippen LogP contribution is 2.24. The molecule has 1 N–H and O–H groups in total. The van der Waals surface area contributed by atoms with Gasteiger partial charge < -0.3 is 14.9 Å². The topological polar surface area (TPSA) is 59.9 Å². The summed E-state index contributed by atoms with van der Waals surface area (Å²) in [5.41, 5.74) is 2.45. The number of nitrogens with one attached hydrogen (secondary N) is 1. The third-order valence-corrected chi connectivity index (χ3v) is 3.22. The lowest BCUT2D eigenvalue weighted by Gasteiger charge is -2.10. The largest absolute Gasteiger partial charge is 0.495 e. The average Bonchev–Trinajstić information content (AvgIpc) is 2.53. The highest BCUT2D eigenvalue weighted by molar-refractivity contribution is 6.30. The Morgan fingerprint density at radius 2 is 2.00 bits per heavy atom. The molecule has 120 valence electrons. The van der Waals surface area contributed by atoms with Crippen molar-refractivity contribution in [3.8, 4) is 5.75 Å². The van der Waals surface area contributed by atoms with E-state index < -0.39 is 0 Å². The van der Waals surface area contributed by atoms with Crippen molar-refractivity contribution in [2.24, 2.45) is 5.16 Å². The van der Waals surface area contributed by atoms with E-state index in [4.69, 9.17) is 21.2 Å². The summed E-state index contributed by atoms with van der Waals surface area (Å²) in [7, 11) is 1.55. The normalized spacial score (nSPS) is 10.6. The maximum absolute atomic E-state index is 11.9.